The predicted octanol–water partition coefficient (Wildman–Crippen LogP) is 5.80. The molecule has 0 aromatic heterocycles. The van der Waals surface area contributed by atoms with Crippen molar-refractivity contribution in [2.45, 2.75) is 38.3 Å². The third kappa shape index (κ3) is 7.32. The lowest BCUT2D eigenvalue weighted by atomic mass is 10.1. The molecule has 0 radical (unpaired) electrons. The lowest BCUT2D eigenvalue weighted by molar-refractivity contribution is 0.0189. The maximum atomic E-state index is 6.12. The van der Waals surface area contributed by atoms with E-state index < -0.39 is 0 Å². The molecule has 2 aliphatic rings. The van der Waals surface area contributed by atoms with Gasteiger partial charge in [-0.3, -0.25) is 0 Å². The van der Waals surface area contributed by atoms with Crippen molar-refractivity contribution in [3.8, 4) is 23.0 Å². The molecule has 0 amide bonds. The van der Waals surface area contributed by atoms with E-state index in [1.54, 1.807) is 0 Å². The van der Waals surface area contributed by atoms with Crippen molar-refractivity contribution in [1.29, 1.82) is 0 Å². The molecule has 0 bridgehead atoms. The molecule has 204 valence electrons. The van der Waals surface area contributed by atoms with Crippen LogP contribution >= 0.6 is 0 Å². The summed E-state index contributed by atoms with van der Waals surface area (Å²) >= 11 is 0. The average molecular weight is 531 g/mol. The Labute approximate surface area is 228 Å². The number of epoxide rings is 2. The third-order valence-electron chi connectivity index (χ3n) is 6.62. The second kappa shape index (κ2) is 11.7. The van der Waals surface area contributed by atoms with E-state index in [9.17, 15) is 0 Å². The van der Waals surface area contributed by atoms with Gasteiger partial charge in [0, 0.05) is 0 Å². The minimum Gasteiger partial charge on any atom is -0.491 e. The first kappa shape index (κ1) is 25.7. The van der Waals surface area contributed by atoms with Crippen LogP contribution in [0.1, 0.15) is 13.8 Å². The summed E-state index contributed by atoms with van der Waals surface area (Å²) < 4.78 is 40.2. The monoisotopic (exact) mass is 530 g/mol. The molecular weight excluding hydrogens is 496 g/mol. The highest BCUT2D eigenvalue weighted by molar-refractivity contribution is 5.86. The van der Waals surface area contributed by atoms with Crippen LogP contribution < -0.4 is 18.9 Å². The van der Waals surface area contributed by atoms with Crippen molar-refractivity contribution in [1.82, 2.24) is 0 Å². The van der Waals surface area contributed by atoms with Crippen molar-refractivity contribution in [3.63, 3.8) is 0 Å². The van der Waals surface area contributed by atoms with E-state index in [0.29, 0.717) is 26.4 Å². The molecular formula is C32H34O7. The molecule has 2 heterocycles. The van der Waals surface area contributed by atoms with Gasteiger partial charge in [-0.05, 0) is 83.9 Å². The fourth-order valence-corrected chi connectivity index (χ4v) is 4.37. The van der Waals surface area contributed by atoms with Crippen LogP contribution in [0.2, 0.25) is 0 Å². The Kier molecular flexibility index (Phi) is 7.72. The molecule has 0 spiro atoms. The van der Waals surface area contributed by atoms with E-state index in [-0.39, 0.29) is 24.4 Å². The zero-order valence-electron chi connectivity index (χ0n) is 22.3. The van der Waals surface area contributed by atoms with Gasteiger partial charge in [-0.25, -0.2) is 0 Å². The highest BCUT2D eigenvalue weighted by atomic mass is 16.6. The summed E-state index contributed by atoms with van der Waals surface area (Å²) in [5, 5.41) is 4.42. The van der Waals surface area contributed by atoms with E-state index in [1.807, 2.05) is 62.4 Å². The lowest BCUT2D eigenvalue weighted by Crippen LogP contribution is -2.25. The van der Waals surface area contributed by atoms with Crippen molar-refractivity contribution >= 4 is 21.5 Å². The highest BCUT2D eigenvalue weighted by Gasteiger charge is 2.23. The van der Waals surface area contributed by atoms with Gasteiger partial charge in [-0.2, -0.15) is 0 Å². The highest BCUT2D eigenvalue weighted by Crippen LogP contribution is 2.28. The summed E-state index contributed by atoms with van der Waals surface area (Å²) in [6.45, 7) is 7.67. The molecule has 4 aromatic rings. The molecule has 7 heteroatoms. The quantitative estimate of drug-likeness (QED) is 0.191. The molecule has 2 saturated heterocycles. The lowest BCUT2D eigenvalue weighted by Gasteiger charge is -2.19. The molecule has 4 unspecified atom stereocenters. The van der Waals surface area contributed by atoms with Crippen molar-refractivity contribution in [2.24, 2.45) is 0 Å². The summed E-state index contributed by atoms with van der Waals surface area (Å²) in [5.41, 5.74) is 0. The summed E-state index contributed by atoms with van der Waals surface area (Å²) in [5.74, 6) is 3.28. The Balaban J connectivity index is 0.968. The van der Waals surface area contributed by atoms with Crippen molar-refractivity contribution in [3.05, 3.63) is 72.8 Å². The molecule has 4 atom stereocenters. The maximum absolute atomic E-state index is 6.12. The van der Waals surface area contributed by atoms with Gasteiger partial charge >= 0.3 is 0 Å². The number of benzene rings is 4. The summed E-state index contributed by atoms with van der Waals surface area (Å²) in [7, 11) is 0. The Hall–Kier alpha value is -3.52. The van der Waals surface area contributed by atoms with Crippen LogP contribution in [0.15, 0.2) is 72.8 Å². The van der Waals surface area contributed by atoms with E-state index >= 15 is 0 Å². The second-order valence-corrected chi connectivity index (χ2v) is 10.3. The van der Waals surface area contributed by atoms with E-state index in [2.05, 4.69) is 24.3 Å². The smallest absolute Gasteiger partial charge is 0.120 e. The van der Waals surface area contributed by atoms with Crippen molar-refractivity contribution in [2.75, 3.05) is 39.6 Å². The molecule has 0 saturated carbocycles. The Morgan fingerprint density at radius 1 is 0.590 bits per heavy atom. The first-order valence-corrected chi connectivity index (χ1v) is 13.5. The minimum absolute atomic E-state index is 0.110. The van der Waals surface area contributed by atoms with Gasteiger partial charge < -0.3 is 33.2 Å². The van der Waals surface area contributed by atoms with Crippen LogP contribution in [-0.2, 0) is 14.2 Å². The number of hydrogen-bond donors (Lipinski definition) is 0. The molecule has 2 fully saturated rings. The molecule has 7 nitrogen and oxygen atoms in total. The maximum Gasteiger partial charge on any atom is 0.120 e. The van der Waals surface area contributed by atoms with Gasteiger partial charge in [-0.15, -0.1) is 0 Å². The predicted molar refractivity (Wildman–Crippen MR) is 149 cm³/mol. The van der Waals surface area contributed by atoms with E-state index in [1.165, 1.54) is 0 Å². The first-order chi connectivity index (χ1) is 19.1. The van der Waals surface area contributed by atoms with E-state index in [0.717, 1.165) is 57.8 Å². The standard InChI is InChI=1S/C32H34O7/c1-21(38-29-9-5-23-3-7-27(11-25(23)13-29)34-17-31-19-36-31)15-33-16-22(2)39-30-10-6-24-4-8-28(12-26(24)14-30)35-18-32-20-37-32/h3-14,21-22,31-32H,15-20H2,1-2H3. The third-order valence-corrected chi connectivity index (χ3v) is 6.62. The number of fused-ring (bicyclic) bond motifs is 2. The Morgan fingerprint density at radius 2 is 0.974 bits per heavy atom. The Morgan fingerprint density at radius 3 is 1.38 bits per heavy atom. The van der Waals surface area contributed by atoms with Gasteiger partial charge in [0.1, 0.15) is 60.6 Å². The zero-order chi connectivity index (χ0) is 26.6. The van der Waals surface area contributed by atoms with Gasteiger partial charge in [-0.1, -0.05) is 24.3 Å². The number of rotatable bonds is 14. The van der Waals surface area contributed by atoms with Gasteiger partial charge in [0.05, 0.1) is 26.4 Å². The van der Waals surface area contributed by atoms with Crippen LogP contribution in [0.4, 0.5) is 0 Å². The molecule has 0 aliphatic carbocycles. The molecule has 4 aromatic carbocycles. The minimum atomic E-state index is -0.110. The molecule has 2 aliphatic heterocycles. The van der Waals surface area contributed by atoms with Gasteiger partial charge in [0.25, 0.3) is 0 Å². The average Bonchev–Trinajstić information content (AvgIpc) is 3.86. The summed E-state index contributed by atoms with van der Waals surface area (Å²) in [6, 6.07) is 24.3. The SMILES string of the molecule is CC(COCC(C)Oc1ccc2ccc(OCC3CO3)cc2c1)Oc1ccc2ccc(OCC3CO3)cc2c1. The van der Waals surface area contributed by atoms with E-state index in [4.69, 9.17) is 33.2 Å². The van der Waals surface area contributed by atoms with Crippen LogP contribution in [0.3, 0.4) is 0 Å². The molecule has 6 rings (SSSR count). The first-order valence-electron chi connectivity index (χ1n) is 13.5. The zero-order valence-corrected chi connectivity index (χ0v) is 22.3. The van der Waals surface area contributed by atoms with Crippen LogP contribution in [-0.4, -0.2) is 64.1 Å². The molecule has 0 N–H and O–H groups in total. The van der Waals surface area contributed by atoms with Crippen LogP contribution in [0.25, 0.3) is 21.5 Å². The topological polar surface area (TPSA) is 71.2 Å². The fourth-order valence-electron chi connectivity index (χ4n) is 4.37. The second-order valence-electron chi connectivity index (χ2n) is 10.3. The van der Waals surface area contributed by atoms with Gasteiger partial charge in [0.2, 0.25) is 0 Å². The largest absolute Gasteiger partial charge is 0.491 e. The van der Waals surface area contributed by atoms with Gasteiger partial charge in [0.15, 0.2) is 0 Å². The fraction of sp³-hybridized carbons (Fsp3) is 0.375. The number of hydrogen-bond acceptors (Lipinski definition) is 7. The summed E-state index contributed by atoms with van der Waals surface area (Å²) in [4.78, 5) is 0. The normalized spacial score (nSPS) is 19.4. The van der Waals surface area contributed by atoms with Crippen molar-refractivity contribution < 1.29 is 33.2 Å². The van der Waals surface area contributed by atoms with Crippen LogP contribution in [0, 0.1) is 0 Å². The van der Waals surface area contributed by atoms with Crippen LogP contribution in [0.5, 0.6) is 23.0 Å². The molecule has 39 heavy (non-hydrogen) atoms. The number of ether oxygens (including phenoxy) is 7. The summed E-state index contributed by atoms with van der Waals surface area (Å²) in [6.07, 6.45) is 0.248. The Bertz CT molecular complexity index is 1310.